The monoisotopic (exact) mass is 366 g/mol. The van der Waals surface area contributed by atoms with Crippen LogP contribution in [0.2, 0.25) is 0 Å². The predicted molar refractivity (Wildman–Crippen MR) is 105 cm³/mol. The lowest BCUT2D eigenvalue weighted by Crippen LogP contribution is -2.31. The number of aliphatic hydroxyl groups is 1. The highest BCUT2D eigenvalue weighted by Crippen LogP contribution is 2.33. The summed E-state index contributed by atoms with van der Waals surface area (Å²) in [6, 6.07) is 13.8. The van der Waals surface area contributed by atoms with E-state index in [4.69, 9.17) is 4.74 Å². The molecule has 0 radical (unpaired) electrons. The Morgan fingerprint density at radius 2 is 1.74 bits per heavy atom. The van der Waals surface area contributed by atoms with Crippen molar-refractivity contribution in [2.45, 2.75) is 13.3 Å². The zero-order valence-corrected chi connectivity index (χ0v) is 15.6. The Bertz CT molecular complexity index is 901. The van der Waals surface area contributed by atoms with E-state index in [0.29, 0.717) is 23.6 Å². The molecule has 0 aliphatic carbocycles. The Kier molecular flexibility index (Phi) is 5.16. The van der Waals surface area contributed by atoms with E-state index in [-0.39, 0.29) is 5.57 Å². The molecule has 0 fully saturated rings. The van der Waals surface area contributed by atoms with Crippen molar-refractivity contribution in [1.82, 2.24) is 0 Å². The maximum Gasteiger partial charge on any atom is 0.301 e. The molecule has 2 aromatic rings. The predicted octanol–water partition coefficient (Wildman–Crippen LogP) is 3.38. The Labute approximate surface area is 158 Å². The second kappa shape index (κ2) is 7.53. The fraction of sp³-hybridized carbons (Fsp3) is 0.238. The van der Waals surface area contributed by atoms with Crippen LogP contribution in [0.25, 0.3) is 5.57 Å². The van der Waals surface area contributed by atoms with Gasteiger partial charge < -0.3 is 14.7 Å². The number of hydrogen-bond donors (Lipinski definition) is 1. The summed E-state index contributed by atoms with van der Waals surface area (Å²) in [7, 11) is 3.74. The Morgan fingerprint density at radius 3 is 2.37 bits per heavy atom. The van der Waals surface area contributed by atoms with Crippen LogP contribution in [-0.2, 0) is 9.59 Å². The molecule has 0 saturated heterocycles. The number of nitrogens with zero attached hydrogens (tertiary/aromatic N) is 2. The lowest BCUT2D eigenvalue weighted by Gasteiger charge is -2.18. The Hall–Kier alpha value is -3.28. The zero-order valence-electron chi connectivity index (χ0n) is 15.6. The quantitative estimate of drug-likeness (QED) is 0.794. The molecule has 0 bridgehead atoms. The van der Waals surface area contributed by atoms with E-state index in [0.717, 1.165) is 17.0 Å². The topological polar surface area (TPSA) is 70.1 Å². The number of ether oxygens (including phenoxy) is 1. The van der Waals surface area contributed by atoms with Crippen LogP contribution in [0.5, 0.6) is 5.75 Å². The van der Waals surface area contributed by atoms with Gasteiger partial charge in [-0.15, -0.1) is 0 Å². The molecule has 1 aliphatic rings. The molecular weight excluding hydrogens is 344 g/mol. The number of benzene rings is 2. The molecule has 0 atom stereocenters. The van der Waals surface area contributed by atoms with Gasteiger partial charge in [-0.3, -0.25) is 9.59 Å². The van der Waals surface area contributed by atoms with Gasteiger partial charge >= 0.3 is 5.91 Å². The standard InChI is InChI=1S/C21H22N2O4/c1-4-12-27-17-10-8-14(9-11-17)18-19(24)21(26)23(20(18)25)16-7-5-6-15(13-16)22(2)3/h5-11,13,24H,4,12H2,1-3H3. The number of aliphatic hydroxyl groups excluding tert-OH is 1. The van der Waals surface area contributed by atoms with E-state index in [1.165, 1.54) is 0 Å². The van der Waals surface area contributed by atoms with Crippen molar-refractivity contribution < 1.29 is 19.4 Å². The SMILES string of the molecule is CCCOc1ccc(C2=C(O)C(=O)N(c3cccc(N(C)C)c3)C2=O)cc1. The summed E-state index contributed by atoms with van der Waals surface area (Å²) in [5.74, 6) is -1.14. The van der Waals surface area contributed by atoms with Gasteiger partial charge in [0, 0.05) is 19.8 Å². The summed E-state index contributed by atoms with van der Waals surface area (Å²) < 4.78 is 5.53. The molecule has 1 heterocycles. The van der Waals surface area contributed by atoms with Crippen LogP contribution in [0.15, 0.2) is 54.3 Å². The van der Waals surface area contributed by atoms with Crippen LogP contribution >= 0.6 is 0 Å². The van der Waals surface area contributed by atoms with Gasteiger partial charge in [0.25, 0.3) is 5.91 Å². The van der Waals surface area contributed by atoms with Crippen LogP contribution < -0.4 is 14.5 Å². The minimum absolute atomic E-state index is 0.00250. The van der Waals surface area contributed by atoms with Gasteiger partial charge in [-0.25, -0.2) is 4.90 Å². The van der Waals surface area contributed by atoms with E-state index < -0.39 is 17.6 Å². The Morgan fingerprint density at radius 1 is 1.04 bits per heavy atom. The molecule has 0 aromatic heterocycles. The number of carbonyl (C=O) groups is 2. The molecule has 1 N–H and O–H groups in total. The molecule has 2 amide bonds. The number of imide groups is 1. The summed E-state index contributed by atoms with van der Waals surface area (Å²) in [6.07, 6.45) is 0.891. The average Bonchev–Trinajstić information content (AvgIpc) is 2.89. The molecule has 0 saturated carbocycles. The van der Waals surface area contributed by atoms with E-state index in [2.05, 4.69) is 0 Å². The average molecular weight is 366 g/mol. The van der Waals surface area contributed by atoms with Crippen molar-refractivity contribution in [3.05, 3.63) is 59.9 Å². The van der Waals surface area contributed by atoms with E-state index in [9.17, 15) is 14.7 Å². The van der Waals surface area contributed by atoms with Gasteiger partial charge in [-0.1, -0.05) is 25.1 Å². The maximum absolute atomic E-state index is 12.9. The first-order chi connectivity index (χ1) is 12.9. The zero-order chi connectivity index (χ0) is 19.6. The molecule has 6 nitrogen and oxygen atoms in total. The highest BCUT2D eigenvalue weighted by Gasteiger charge is 2.40. The third-order valence-corrected chi connectivity index (χ3v) is 4.28. The number of carbonyl (C=O) groups excluding carboxylic acids is 2. The van der Waals surface area contributed by atoms with Crippen LogP contribution in [0, 0.1) is 0 Å². The van der Waals surface area contributed by atoms with Crippen molar-refractivity contribution in [1.29, 1.82) is 0 Å². The van der Waals surface area contributed by atoms with Gasteiger partial charge in [0.05, 0.1) is 17.9 Å². The molecular formula is C21H22N2O4. The number of amides is 2. The second-order valence-electron chi connectivity index (χ2n) is 6.46. The minimum Gasteiger partial charge on any atom is -0.502 e. The van der Waals surface area contributed by atoms with Crippen molar-refractivity contribution >= 4 is 28.8 Å². The molecule has 27 heavy (non-hydrogen) atoms. The number of anilines is 2. The summed E-state index contributed by atoms with van der Waals surface area (Å²) >= 11 is 0. The van der Waals surface area contributed by atoms with Crippen LogP contribution in [0.4, 0.5) is 11.4 Å². The number of rotatable bonds is 6. The summed E-state index contributed by atoms with van der Waals surface area (Å²) in [6.45, 7) is 2.61. The van der Waals surface area contributed by atoms with Crippen molar-refractivity contribution in [2.24, 2.45) is 0 Å². The normalized spacial score (nSPS) is 14.1. The largest absolute Gasteiger partial charge is 0.502 e. The first kappa shape index (κ1) is 18.5. The van der Waals surface area contributed by atoms with Crippen LogP contribution in [-0.4, -0.2) is 37.6 Å². The van der Waals surface area contributed by atoms with Crippen molar-refractivity contribution in [2.75, 3.05) is 30.5 Å². The molecule has 0 unspecified atom stereocenters. The Balaban J connectivity index is 1.91. The highest BCUT2D eigenvalue weighted by atomic mass is 16.5. The van der Waals surface area contributed by atoms with Gasteiger partial charge in [0.2, 0.25) is 0 Å². The van der Waals surface area contributed by atoms with Crippen molar-refractivity contribution in [3.63, 3.8) is 0 Å². The van der Waals surface area contributed by atoms with E-state index in [1.54, 1.807) is 42.5 Å². The molecule has 1 aliphatic heterocycles. The molecule has 140 valence electrons. The molecule has 3 rings (SSSR count). The number of hydrogen-bond acceptors (Lipinski definition) is 5. The first-order valence-corrected chi connectivity index (χ1v) is 8.76. The highest BCUT2D eigenvalue weighted by molar-refractivity contribution is 6.44. The lowest BCUT2D eigenvalue weighted by atomic mass is 10.1. The smallest absolute Gasteiger partial charge is 0.301 e. The third-order valence-electron chi connectivity index (χ3n) is 4.28. The maximum atomic E-state index is 12.9. The fourth-order valence-corrected chi connectivity index (χ4v) is 2.86. The van der Waals surface area contributed by atoms with Gasteiger partial charge in [0.1, 0.15) is 5.75 Å². The minimum atomic E-state index is -0.725. The third kappa shape index (κ3) is 3.51. The van der Waals surface area contributed by atoms with E-state index in [1.807, 2.05) is 32.0 Å². The second-order valence-corrected chi connectivity index (χ2v) is 6.46. The fourth-order valence-electron chi connectivity index (χ4n) is 2.86. The lowest BCUT2D eigenvalue weighted by molar-refractivity contribution is -0.121. The van der Waals surface area contributed by atoms with Gasteiger partial charge in [-0.05, 0) is 42.3 Å². The molecule has 0 spiro atoms. The summed E-state index contributed by atoms with van der Waals surface area (Å²) in [5, 5.41) is 10.3. The molecule has 2 aromatic carbocycles. The van der Waals surface area contributed by atoms with Crippen LogP contribution in [0.1, 0.15) is 18.9 Å². The summed E-state index contributed by atoms with van der Waals surface area (Å²) in [5.41, 5.74) is 1.73. The van der Waals surface area contributed by atoms with Gasteiger partial charge in [0.15, 0.2) is 5.76 Å². The van der Waals surface area contributed by atoms with Gasteiger partial charge in [-0.2, -0.15) is 0 Å². The van der Waals surface area contributed by atoms with Crippen LogP contribution in [0.3, 0.4) is 0 Å². The summed E-state index contributed by atoms with van der Waals surface area (Å²) in [4.78, 5) is 28.3. The first-order valence-electron chi connectivity index (χ1n) is 8.76. The molecule has 6 heteroatoms. The van der Waals surface area contributed by atoms with Crippen molar-refractivity contribution in [3.8, 4) is 5.75 Å². The van der Waals surface area contributed by atoms with E-state index >= 15 is 0 Å².